The summed E-state index contributed by atoms with van der Waals surface area (Å²) in [7, 11) is 0. The minimum atomic E-state index is -0.227. The van der Waals surface area contributed by atoms with Gasteiger partial charge in [0.25, 0.3) is 5.91 Å². The molecular weight excluding hydrogens is 370 g/mol. The van der Waals surface area contributed by atoms with Crippen molar-refractivity contribution >= 4 is 40.3 Å². The molecule has 0 atom stereocenters. The predicted octanol–water partition coefficient (Wildman–Crippen LogP) is 5.15. The van der Waals surface area contributed by atoms with Crippen molar-refractivity contribution < 1.29 is 9.53 Å². The summed E-state index contributed by atoms with van der Waals surface area (Å²) >= 11 is 5.37. The molecule has 0 heterocycles. The molecule has 3 rings (SSSR count). The molecule has 28 heavy (non-hydrogen) atoms. The quantitative estimate of drug-likeness (QED) is 0.508. The number of amides is 1. The van der Waals surface area contributed by atoms with Crippen LogP contribution in [0.25, 0.3) is 0 Å². The lowest BCUT2D eigenvalue weighted by Gasteiger charge is -2.14. The first-order chi connectivity index (χ1) is 13.7. The van der Waals surface area contributed by atoms with E-state index in [0.717, 1.165) is 11.4 Å². The van der Waals surface area contributed by atoms with Gasteiger partial charge in [0.2, 0.25) is 0 Å². The van der Waals surface area contributed by atoms with Gasteiger partial charge in [-0.2, -0.15) is 0 Å². The van der Waals surface area contributed by atoms with Gasteiger partial charge in [-0.3, -0.25) is 4.79 Å². The fraction of sp³-hybridized carbons (Fsp3) is 0.0909. The smallest absolute Gasteiger partial charge is 0.257 e. The van der Waals surface area contributed by atoms with Crippen LogP contribution in [0, 0.1) is 0 Å². The molecule has 3 aromatic rings. The monoisotopic (exact) mass is 391 g/mol. The van der Waals surface area contributed by atoms with Crippen molar-refractivity contribution in [2.45, 2.75) is 6.92 Å². The molecule has 0 aromatic heterocycles. The fourth-order valence-electron chi connectivity index (χ4n) is 2.60. The summed E-state index contributed by atoms with van der Waals surface area (Å²) in [6.45, 7) is 2.53. The highest BCUT2D eigenvalue weighted by atomic mass is 32.1. The summed E-state index contributed by atoms with van der Waals surface area (Å²) in [5.74, 6) is 0.537. The zero-order valence-corrected chi connectivity index (χ0v) is 16.3. The summed E-state index contributed by atoms with van der Waals surface area (Å²) in [5, 5.41) is 9.49. The van der Waals surface area contributed by atoms with Crippen LogP contribution in [-0.4, -0.2) is 17.6 Å². The Balaban J connectivity index is 1.68. The largest absolute Gasteiger partial charge is 0.494 e. The van der Waals surface area contributed by atoms with E-state index < -0.39 is 0 Å². The van der Waals surface area contributed by atoms with E-state index in [-0.39, 0.29) is 5.91 Å². The third kappa shape index (κ3) is 5.31. The molecule has 3 N–H and O–H groups in total. The molecule has 0 aliphatic carbocycles. The number of benzene rings is 3. The van der Waals surface area contributed by atoms with E-state index in [1.807, 2.05) is 67.6 Å². The van der Waals surface area contributed by atoms with E-state index in [4.69, 9.17) is 17.0 Å². The lowest BCUT2D eigenvalue weighted by molar-refractivity contribution is 0.102. The van der Waals surface area contributed by atoms with E-state index in [1.54, 1.807) is 18.2 Å². The van der Waals surface area contributed by atoms with Crippen LogP contribution < -0.4 is 20.7 Å². The van der Waals surface area contributed by atoms with Crippen molar-refractivity contribution in [2.75, 3.05) is 22.6 Å². The van der Waals surface area contributed by atoms with Crippen molar-refractivity contribution in [1.29, 1.82) is 0 Å². The molecule has 0 saturated carbocycles. The Bertz CT molecular complexity index is 944. The normalized spacial score (nSPS) is 10.0. The molecule has 142 valence electrons. The Labute approximate surface area is 169 Å². The van der Waals surface area contributed by atoms with Crippen molar-refractivity contribution in [3.8, 4) is 5.75 Å². The number of anilines is 3. The van der Waals surface area contributed by atoms with Gasteiger partial charge < -0.3 is 20.7 Å². The standard InChI is InChI=1S/C22H21N3O2S/c1-2-27-18-14-12-17(13-15-18)23-21(26)19-10-6-7-11-20(19)25-22(28)24-16-8-4-3-5-9-16/h3-15H,2H2,1H3,(H,23,26)(H2,24,25,28). The second-order valence-electron chi connectivity index (χ2n) is 5.90. The number of carbonyl (C=O) groups excluding carboxylic acids is 1. The van der Waals surface area contributed by atoms with E-state index >= 15 is 0 Å². The Morgan fingerprint density at radius 3 is 2.18 bits per heavy atom. The summed E-state index contributed by atoms with van der Waals surface area (Å²) in [4.78, 5) is 12.7. The van der Waals surface area contributed by atoms with Crippen LogP contribution in [-0.2, 0) is 0 Å². The molecule has 1 amide bonds. The first kappa shape index (κ1) is 19.4. The number of rotatable bonds is 6. The predicted molar refractivity (Wildman–Crippen MR) is 118 cm³/mol. The number of hydrogen-bond acceptors (Lipinski definition) is 3. The zero-order chi connectivity index (χ0) is 19.8. The first-order valence-corrected chi connectivity index (χ1v) is 9.33. The maximum atomic E-state index is 12.7. The van der Waals surface area contributed by atoms with Gasteiger partial charge in [-0.1, -0.05) is 30.3 Å². The molecule has 3 aromatic carbocycles. The SMILES string of the molecule is CCOc1ccc(NC(=O)c2ccccc2NC(=S)Nc2ccccc2)cc1. The Kier molecular flexibility index (Phi) is 6.59. The van der Waals surface area contributed by atoms with Crippen molar-refractivity contribution in [2.24, 2.45) is 0 Å². The summed E-state index contributed by atoms with van der Waals surface area (Å²) in [5.41, 5.74) is 2.68. The van der Waals surface area contributed by atoms with Crippen molar-refractivity contribution in [3.05, 3.63) is 84.4 Å². The van der Waals surface area contributed by atoms with E-state index in [1.165, 1.54) is 0 Å². The molecular formula is C22H21N3O2S. The average molecular weight is 391 g/mol. The van der Waals surface area contributed by atoms with Crippen LogP contribution in [0.3, 0.4) is 0 Å². The van der Waals surface area contributed by atoms with Gasteiger partial charge in [-0.05, 0) is 67.7 Å². The fourth-order valence-corrected chi connectivity index (χ4v) is 2.82. The molecule has 0 spiro atoms. The number of thiocarbonyl (C=S) groups is 1. The van der Waals surface area contributed by atoms with Gasteiger partial charge in [-0.15, -0.1) is 0 Å². The van der Waals surface area contributed by atoms with E-state index in [2.05, 4.69) is 16.0 Å². The van der Waals surface area contributed by atoms with Crippen LogP contribution in [0.5, 0.6) is 5.75 Å². The number of hydrogen-bond donors (Lipinski definition) is 3. The Morgan fingerprint density at radius 2 is 1.46 bits per heavy atom. The minimum absolute atomic E-state index is 0.227. The average Bonchev–Trinajstić information content (AvgIpc) is 2.71. The lowest BCUT2D eigenvalue weighted by Crippen LogP contribution is -2.22. The second-order valence-corrected chi connectivity index (χ2v) is 6.31. The maximum Gasteiger partial charge on any atom is 0.257 e. The maximum absolute atomic E-state index is 12.7. The van der Waals surface area contributed by atoms with Crippen LogP contribution in [0.15, 0.2) is 78.9 Å². The minimum Gasteiger partial charge on any atom is -0.494 e. The molecule has 0 bridgehead atoms. The van der Waals surface area contributed by atoms with Crippen LogP contribution in [0.4, 0.5) is 17.1 Å². The number of carbonyl (C=O) groups is 1. The third-order valence-electron chi connectivity index (χ3n) is 3.87. The number of nitrogens with one attached hydrogen (secondary N) is 3. The first-order valence-electron chi connectivity index (χ1n) is 8.92. The Hall–Kier alpha value is -3.38. The van der Waals surface area contributed by atoms with Gasteiger partial charge in [0.15, 0.2) is 5.11 Å². The van der Waals surface area contributed by atoms with Crippen LogP contribution in [0.1, 0.15) is 17.3 Å². The second kappa shape index (κ2) is 9.53. The van der Waals surface area contributed by atoms with E-state index in [9.17, 15) is 4.79 Å². The van der Waals surface area contributed by atoms with Crippen molar-refractivity contribution in [3.63, 3.8) is 0 Å². The van der Waals surface area contributed by atoms with Crippen LogP contribution >= 0.6 is 12.2 Å². The van der Waals surface area contributed by atoms with Gasteiger partial charge in [0.1, 0.15) is 5.75 Å². The highest BCUT2D eigenvalue weighted by molar-refractivity contribution is 7.80. The molecule has 0 aliphatic rings. The molecule has 0 unspecified atom stereocenters. The molecule has 6 heteroatoms. The summed E-state index contributed by atoms with van der Waals surface area (Å²) < 4.78 is 5.42. The molecule has 5 nitrogen and oxygen atoms in total. The molecule has 0 aliphatic heterocycles. The highest BCUT2D eigenvalue weighted by Crippen LogP contribution is 2.20. The van der Waals surface area contributed by atoms with E-state index in [0.29, 0.717) is 28.7 Å². The Morgan fingerprint density at radius 1 is 0.821 bits per heavy atom. The highest BCUT2D eigenvalue weighted by Gasteiger charge is 2.12. The van der Waals surface area contributed by atoms with Gasteiger partial charge in [0, 0.05) is 11.4 Å². The van der Waals surface area contributed by atoms with Gasteiger partial charge >= 0.3 is 0 Å². The number of ether oxygens (including phenoxy) is 1. The molecule has 0 saturated heterocycles. The van der Waals surface area contributed by atoms with Gasteiger partial charge in [0.05, 0.1) is 17.9 Å². The molecule has 0 radical (unpaired) electrons. The molecule has 0 fully saturated rings. The lowest BCUT2D eigenvalue weighted by atomic mass is 10.1. The van der Waals surface area contributed by atoms with Gasteiger partial charge in [-0.25, -0.2) is 0 Å². The zero-order valence-electron chi connectivity index (χ0n) is 15.4. The summed E-state index contributed by atoms with van der Waals surface area (Å²) in [6.07, 6.45) is 0. The summed E-state index contributed by atoms with van der Waals surface area (Å²) in [6, 6.07) is 24.1. The third-order valence-corrected chi connectivity index (χ3v) is 4.08. The van der Waals surface area contributed by atoms with Crippen LogP contribution in [0.2, 0.25) is 0 Å². The topological polar surface area (TPSA) is 62.4 Å². The van der Waals surface area contributed by atoms with Crippen molar-refractivity contribution in [1.82, 2.24) is 0 Å². The number of para-hydroxylation sites is 2.